The molecule has 5 heteroatoms. The van der Waals surface area contributed by atoms with E-state index >= 15 is 0 Å². The Labute approximate surface area is 98.5 Å². The van der Waals surface area contributed by atoms with Crippen LogP contribution in [0.5, 0.6) is 0 Å². The molecular weight excluding hydrogens is 224 g/mol. The Balaban J connectivity index is 2.23. The molecule has 1 fully saturated rings. The van der Waals surface area contributed by atoms with Crippen molar-refractivity contribution in [3.8, 4) is 0 Å². The standard InChI is InChI=1S/C11H14N2O2S/c1-7-8(11(14)15)6-12-10(13-7)9-4-2-3-5-16-9/h6,9H,2-5H2,1H3,(H,14,15). The predicted molar refractivity (Wildman–Crippen MR) is 62.8 cm³/mol. The van der Waals surface area contributed by atoms with Gasteiger partial charge in [0, 0.05) is 6.20 Å². The number of hydrogen-bond donors (Lipinski definition) is 1. The van der Waals surface area contributed by atoms with Gasteiger partial charge in [0.2, 0.25) is 0 Å². The zero-order valence-electron chi connectivity index (χ0n) is 9.14. The number of carboxylic acid groups (broad SMARTS) is 1. The fraction of sp³-hybridized carbons (Fsp3) is 0.545. The van der Waals surface area contributed by atoms with Crippen LogP contribution in [0.4, 0.5) is 0 Å². The maximum atomic E-state index is 10.8. The van der Waals surface area contributed by atoms with E-state index in [2.05, 4.69) is 9.97 Å². The summed E-state index contributed by atoms with van der Waals surface area (Å²) in [6.45, 7) is 1.72. The molecule has 1 aliphatic heterocycles. The molecule has 0 amide bonds. The number of thioether (sulfide) groups is 1. The topological polar surface area (TPSA) is 63.1 Å². The summed E-state index contributed by atoms with van der Waals surface area (Å²) in [6, 6.07) is 0. The van der Waals surface area contributed by atoms with Gasteiger partial charge in [0.05, 0.1) is 16.5 Å². The molecule has 1 N–H and O–H groups in total. The van der Waals surface area contributed by atoms with Crippen molar-refractivity contribution in [2.24, 2.45) is 0 Å². The first-order chi connectivity index (χ1) is 7.68. The average molecular weight is 238 g/mol. The van der Waals surface area contributed by atoms with Crippen LogP contribution in [0.3, 0.4) is 0 Å². The number of hydrogen-bond acceptors (Lipinski definition) is 4. The lowest BCUT2D eigenvalue weighted by Gasteiger charge is -2.20. The number of carboxylic acids is 1. The Morgan fingerprint density at radius 3 is 2.94 bits per heavy atom. The van der Waals surface area contributed by atoms with Crippen molar-refractivity contribution in [3.05, 3.63) is 23.3 Å². The Hall–Kier alpha value is -1.10. The van der Waals surface area contributed by atoms with Gasteiger partial charge in [-0.15, -0.1) is 0 Å². The minimum Gasteiger partial charge on any atom is -0.478 e. The number of aromatic carboxylic acids is 1. The minimum atomic E-state index is -0.958. The smallest absolute Gasteiger partial charge is 0.339 e. The van der Waals surface area contributed by atoms with Crippen molar-refractivity contribution in [1.29, 1.82) is 0 Å². The fourth-order valence-corrected chi connectivity index (χ4v) is 3.05. The molecule has 0 spiro atoms. The molecule has 0 aliphatic carbocycles. The fourth-order valence-electron chi connectivity index (χ4n) is 1.79. The van der Waals surface area contributed by atoms with Crippen molar-refractivity contribution in [2.45, 2.75) is 31.4 Å². The van der Waals surface area contributed by atoms with E-state index in [1.165, 1.54) is 19.0 Å². The highest BCUT2D eigenvalue weighted by Crippen LogP contribution is 2.36. The first-order valence-electron chi connectivity index (χ1n) is 5.37. The van der Waals surface area contributed by atoms with E-state index in [1.54, 1.807) is 6.92 Å². The van der Waals surface area contributed by atoms with E-state index < -0.39 is 5.97 Å². The number of carbonyl (C=O) groups is 1. The van der Waals surface area contributed by atoms with Gasteiger partial charge >= 0.3 is 5.97 Å². The third-order valence-corrected chi connectivity index (χ3v) is 4.07. The van der Waals surface area contributed by atoms with Crippen molar-refractivity contribution >= 4 is 17.7 Å². The number of aryl methyl sites for hydroxylation is 1. The van der Waals surface area contributed by atoms with Gasteiger partial charge in [-0.05, 0) is 25.5 Å². The van der Waals surface area contributed by atoms with E-state index in [0.717, 1.165) is 18.0 Å². The van der Waals surface area contributed by atoms with Gasteiger partial charge < -0.3 is 5.11 Å². The van der Waals surface area contributed by atoms with E-state index in [0.29, 0.717) is 10.9 Å². The molecule has 0 saturated carbocycles. The molecular formula is C11H14N2O2S. The van der Waals surface area contributed by atoms with Crippen LogP contribution >= 0.6 is 11.8 Å². The molecule has 1 aliphatic rings. The van der Waals surface area contributed by atoms with Gasteiger partial charge in [-0.3, -0.25) is 0 Å². The monoisotopic (exact) mass is 238 g/mol. The maximum Gasteiger partial charge on any atom is 0.339 e. The third kappa shape index (κ3) is 2.35. The number of nitrogens with zero attached hydrogens (tertiary/aromatic N) is 2. The molecule has 0 radical (unpaired) electrons. The SMILES string of the molecule is Cc1nc(C2CCCCS2)ncc1C(=O)O. The van der Waals surface area contributed by atoms with E-state index in [4.69, 9.17) is 5.11 Å². The lowest BCUT2D eigenvalue weighted by molar-refractivity contribution is 0.0695. The number of aromatic nitrogens is 2. The van der Waals surface area contributed by atoms with E-state index in [9.17, 15) is 4.79 Å². The number of rotatable bonds is 2. The summed E-state index contributed by atoms with van der Waals surface area (Å²) in [5.74, 6) is 0.973. The Kier molecular flexibility index (Phi) is 3.43. The van der Waals surface area contributed by atoms with Crippen LogP contribution < -0.4 is 0 Å². The molecule has 4 nitrogen and oxygen atoms in total. The van der Waals surface area contributed by atoms with Gasteiger partial charge in [0.1, 0.15) is 5.82 Å². The van der Waals surface area contributed by atoms with Gasteiger partial charge in [0.25, 0.3) is 0 Å². The Morgan fingerprint density at radius 1 is 1.56 bits per heavy atom. The second kappa shape index (κ2) is 4.82. The van der Waals surface area contributed by atoms with Crippen molar-refractivity contribution in [1.82, 2.24) is 9.97 Å². The predicted octanol–water partition coefficient (Wildman–Crippen LogP) is 2.44. The molecule has 1 aromatic rings. The zero-order valence-corrected chi connectivity index (χ0v) is 9.96. The molecule has 1 atom stereocenters. The molecule has 1 aromatic heterocycles. The average Bonchev–Trinajstić information content (AvgIpc) is 2.29. The van der Waals surface area contributed by atoms with Gasteiger partial charge in [0.15, 0.2) is 0 Å². The second-order valence-corrected chi connectivity index (χ2v) is 5.20. The van der Waals surface area contributed by atoms with Crippen LogP contribution in [0.1, 0.15) is 46.4 Å². The third-order valence-electron chi connectivity index (χ3n) is 2.70. The van der Waals surface area contributed by atoms with E-state index in [-0.39, 0.29) is 5.56 Å². The summed E-state index contributed by atoms with van der Waals surface area (Å²) in [5.41, 5.74) is 0.758. The quantitative estimate of drug-likeness (QED) is 0.857. The zero-order chi connectivity index (χ0) is 11.5. The van der Waals surface area contributed by atoms with E-state index in [1.807, 2.05) is 11.8 Å². The highest BCUT2D eigenvalue weighted by atomic mass is 32.2. The van der Waals surface area contributed by atoms with Gasteiger partial charge in [-0.1, -0.05) is 6.42 Å². The lowest BCUT2D eigenvalue weighted by atomic mass is 10.1. The molecule has 2 rings (SSSR count). The summed E-state index contributed by atoms with van der Waals surface area (Å²) >= 11 is 1.87. The van der Waals surface area contributed by atoms with Crippen LogP contribution in [-0.2, 0) is 0 Å². The lowest BCUT2D eigenvalue weighted by Crippen LogP contribution is -2.10. The van der Waals surface area contributed by atoms with Crippen LogP contribution in [0.25, 0.3) is 0 Å². The molecule has 0 bridgehead atoms. The van der Waals surface area contributed by atoms with Crippen LogP contribution in [0, 0.1) is 6.92 Å². The van der Waals surface area contributed by atoms with Gasteiger partial charge in [-0.25, -0.2) is 14.8 Å². The van der Waals surface area contributed by atoms with Gasteiger partial charge in [-0.2, -0.15) is 11.8 Å². The summed E-state index contributed by atoms with van der Waals surface area (Å²) in [4.78, 5) is 19.3. The Morgan fingerprint density at radius 2 is 2.38 bits per heavy atom. The van der Waals surface area contributed by atoms with Crippen LogP contribution in [0.2, 0.25) is 0 Å². The van der Waals surface area contributed by atoms with Crippen molar-refractivity contribution in [3.63, 3.8) is 0 Å². The molecule has 86 valence electrons. The molecule has 2 heterocycles. The summed E-state index contributed by atoms with van der Waals surface area (Å²) in [6.07, 6.45) is 4.99. The van der Waals surface area contributed by atoms with Crippen molar-refractivity contribution in [2.75, 3.05) is 5.75 Å². The summed E-state index contributed by atoms with van der Waals surface area (Å²) < 4.78 is 0. The molecule has 0 aromatic carbocycles. The summed E-state index contributed by atoms with van der Waals surface area (Å²) in [7, 11) is 0. The highest BCUT2D eigenvalue weighted by molar-refractivity contribution is 7.99. The first-order valence-corrected chi connectivity index (χ1v) is 6.42. The normalized spacial score (nSPS) is 20.7. The molecule has 16 heavy (non-hydrogen) atoms. The highest BCUT2D eigenvalue weighted by Gasteiger charge is 2.20. The Bertz CT molecular complexity index is 403. The second-order valence-electron chi connectivity index (χ2n) is 3.89. The molecule has 1 saturated heterocycles. The first kappa shape index (κ1) is 11.4. The van der Waals surface area contributed by atoms with Crippen molar-refractivity contribution < 1.29 is 9.90 Å². The maximum absolute atomic E-state index is 10.8. The van der Waals surface area contributed by atoms with Crippen LogP contribution in [-0.4, -0.2) is 26.8 Å². The molecule has 1 unspecified atom stereocenters. The largest absolute Gasteiger partial charge is 0.478 e. The van der Waals surface area contributed by atoms with Crippen LogP contribution in [0.15, 0.2) is 6.20 Å². The minimum absolute atomic E-state index is 0.199. The summed E-state index contributed by atoms with van der Waals surface area (Å²) in [5, 5.41) is 9.22.